The van der Waals surface area contributed by atoms with Gasteiger partial charge in [-0.25, -0.2) is 4.98 Å². The normalized spacial score (nSPS) is 12.2. The zero-order valence-corrected chi connectivity index (χ0v) is 13.3. The van der Waals surface area contributed by atoms with Crippen molar-refractivity contribution in [3.63, 3.8) is 0 Å². The maximum atomic E-state index is 5.99. The van der Waals surface area contributed by atoms with Crippen molar-refractivity contribution in [3.8, 4) is 11.6 Å². The third-order valence-corrected chi connectivity index (χ3v) is 3.87. The first-order valence-corrected chi connectivity index (χ1v) is 7.46. The van der Waals surface area contributed by atoms with Gasteiger partial charge in [-0.15, -0.1) is 0 Å². The summed E-state index contributed by atoms with van der Waals surface area (Å²) in [7, 11) is 0. The number of hydrogen-bond acceptors (Lipinski definition) is 3. The Morgan fingerprint density at radius 3 is 2.62 bits per heavy atom. The van der Waals surface area contributed by atoms with Gasteiger partial charge in [-0.1, -0.05) is 19.1 Å². The molecular weight excluding hydrogens is 260 g/mol. The maximum Gasteiger partial charge on any atom is 0.222 e. The molecule has 0 amide bonds. The van der Waals surface area contributed by atoms with Crippen molar-refractivity contribution in [1.82, 2.24) is 4.98 Å². The minimum Gasteiger partial charge on any atom is -0.438 e. The Labute approximate surface area is 127 Å². The lowest BCUT2D eigenvalue weighted by molar-refractivity contribution is 0.454. The molecule has 2 N–H and O–H groups in total. The lowest BCUT2D eigenvalue weighted by Gasteiger charge is -2.13. The van der Waals surface area contributed by atoms with Gasteiger partial charge in [0.15, 0.2) is 0 Å². The van der Waals surface area contributed by atoms with Crippen LogP contribution in [0, 0.1) is 20.8 Å². The van der Waals surface area contributed by atoms with E-state index in [9.17, 15) is 0 Å². The smallest absolute Gasteiger partial charge is 0.222 e. The zero-order valence-electron chi connectivity index (χ0n) is 13.3. The summed E-state index contributed by atoms with van der Waals surface area (Å²) in [5.41, 5.74) is 10.6. The van der Waals surface area contributed by atoms with Gasteiger partial charge in [0, 0.05) is 17.8 Å². The zero-order chi connectivity index (χ0) is 15.4. The molecule has 1 aromatic heterocycles. The minimum absolute atomic E-state index is 0.192. The third kappa shape index (κ3) is 3.82. The average molecular weight is 284 g/mol. The van der Waals surface area contributed by atoms with Crippen LogP contribution in [0.3, 0.4) is 0 Å². The lowest BCUT2D eigenvalue weighted by atomic mass is 10.1. The summed E-state index contributed by atoms with van der Waals surface area (Å²) in [6.07, 6.45) is 3.69. The van der Waals surface area contributed by atoms with Gasteiger partial charge in [0.05, 0.1) is 0 Å². The number of pyridine rings is 1. The fraction of sp³-hybridized carbons (Fsp3) is 0.389. The van der Waals surface area contributed by atoms with Gasteiger partial charge in [0.1, 0.15) is 5.75 Å². The molecule has 112 valence electrons. The largest absolute Gasteiger partial charge is 0.438 e. The number of benzene rings is 1. The number of ether oxygens (including phenoxy) is 1. The second-order valence-electron chi connectivity index (χ2n) is 5.64. The molecule has 0 saturated heterocycles. The van der Waals surface area contributed by atoms with E-state index in [1.54, 1.807) is 0 Å². The van der Waals surface area contributed by atoms with Crippen molar-refractivity contribution in [3.05, 3.63) is 52.7 Å². The SMILES string of the molecule is CCC(N)Cc1cnc(Oc2cccc(C)c2C)c(C)c1. The van der Waals surface area contributed by atoms with Gasteiger partial charge in [-0.3, -0.25) is 0 Å². The van der Waals surface area contributed by atoms with E-state index in [2.05, 4.69) is 37.9 Å². The van der Waals surface area contributed by atoms with E-state index in [0.29, 0.717) is 5.88 Å². The van der Waals surface area contributed by atoms with Crippen LogP contribution in [0.5, 0.6) is 11.6 Å². The number of nitrogens with two attached hydrogens (primary N) is 1. The van der Waals surface area contributed by atoms with Crippen molar-refractivity contribution in [2.24, 2.45) is 5.73 Å². The highest BCUT2D eigenvalue weighted by molar-refractivity contribution is 5.41. The molecule has 1 atom stereocenters. The molecule has 1 heterocycles. The Morgan fingerprint density at radius 2 is 1.95 bits per heavy atom. The molecule has 0 saturated carbocycles. The van der Waals surface area contributed by atoms with Crippen molar-refractivity contribution in [1.29, 1.82) is 0 Å². The Balaban J connectivity index is 2.19. The fourth-order valence-corrected chi connectivity index (χ4v) is 2.22. The summed E-state index contributed by atoms with van der Waals surface area (Å²) in [6.45, 7) is 8.27. The summed E-state index contributed by atoms with van der Waals surface area (Å²) in [5.74, 6) is 1.53. The second-order valence-corrected chi connectivity index (χ2v) is 5.64. The fourth-order valence-electron chi connectivity index (χ4n) is 2.22. The van der Waals surface area contributed by atoms with Crippen LogP contribution in [-0.2, 0) is 6.42 Å². The molecule has 3 nitrogen and oxygen atoms in total. The molecule has 0 fully saturated rings. The molecule has 2 aromatic rings. The minimum atomic E-state index is 0.192. The Hall–Kier alpha value is -1.87. The molecule has 2 rings (SSSR count). The molecule has 0 spiro atoms. The molecule has 0 aliphatic carbocycles. The highest BCUT2D eigenvalue weighted by Crippen LogP contribution is 2.27. The van der Waals surface area contributed by atoms with Crippen LogP contribution in [0.1, 0.15) is 35.6 Å². The van der Waals surface area contributed by atoms with E-state index in [-0.39, 0.29) is 6.04 Å². The summed E-state index contributed by atoms with van der Waals surface area (Å²) in [4.78, 5) is 4.45. The quantitative estimate of drug-likeness (QED) is 0.900. The molecule has 1 aromatic carbocycles. The van der Waals surface area contributed by atoms with Gasteiger partial charge in [-0.05, 0) is 62.4 Å². The van der Waals surface area contributed by atoms with Crippen LogP contribution in [0.2, 0.25) is 0 Å². The second kappa shape index (κ2) is 6.72. The highest BCUT2D eigenvalue weighted by Gasteiger charge is 2.09. The first-order valence-electron chi connectivity index (χ1n) is 7.46. The Bertz CT molecular complexity index is 623. The van der Waals surface area contributed by atoms with Crippen molar-refractivity contribution in [2.45, 2.75) is 46.6 Å². The highest BCUT2D eigenvalue weighted by atomic mass is 16.5. The first kappa shape index (κ1) is 15.5. The monoisotopic (exact) mass is 284 g/mol. The molecular formula is C18H24N2O. The van der Waals surface area contributed by atoms with E-state index in [0.717, 1.165) is 35.3 Å². The van der Waals surface area contributed by atoms with Crippen LogP contribution < -0.4 is 10.5 Å². The number of aryl methyl sites for hydroxylation is 2. The molecule has 0 bridgehead atoms. The van der Waals surface area contributed by atoms with Gasteiger partial charge in [0.2, 0.25) is 5.88 Å². The predicted octanol–water partition coefficient (Wildman–Crippen LogP) is 4.08. The molecule has 0 aliphatic rings. The number of rotatable bonds is 5. The van der Waals surface area contributed by atoms with Crippen molar-refractivity contribution < 1.29 is 4.74 Å². The van der Waals surface area contributed by atoms with Crippen molar-refractivity contribution in [2.75, 3.05) is 0 Å². The third-order valence-electron chi connectivity index (χ3n) is 3.87. The lowest BCUT2D eigenvalue weighted by Crippen LogP contribution is -2.21. The topological polar surface area (TPSA) is 48.1 Å². The number of aromatic nitrogens is 1. The summed E-state index contributed by atoms with van der Waals surface area (Å²) in [5, 5.41) is 0. The Morgan fingerprint density at radius 1 is 1.19 bits per heavy atom. The van der Waals surface area contributed by atoms with Gasteiger partial charge in [-0.2, -0.15) is 0 Å². The summed E-state index contributed by atoms with van der Waals surface area (Å²) < 4.78 is 5.96. The van der Waals surface area contributed by atoms with E-state index in [1.807, 2.05) is 25.3 Å². The van der Waals surface area contributed by atoms with E-state index in [4.69, 9.17) is 10.5 Å². The summed E-state index contributed by atoms with van der Waals surface area (Å²) in [6, 6.07) is 8.36. The van der Waals surface area contributed by atoms with E-state index < -0.39 is 0 Å². The van der Waals surface area contributed by atoms with E-state index >= 15 is 0 Å². The van der Waals surface area contributed by atoms with Crippen LogP contribution in [0.25, 0.3) is 0 Å². The van der Waals surface area contributed by atoms with Crippen LogP contribution >= 0.6 is 0 Å². The first-order chi connectivity index (χ1) is 10.0. The maximum absolute atomic E-state index is 5.99. The van der Waals surface area contributed by atoms with Crippen molar-refractivity contribution >= 4 is 0 Å². The molecule has 0 radical (unpaired) electrons. The standard InChI is InChI=1S/C18H24N2O/c1-5-16(19)10-15-9-13(3)18(20-11-15)21-17-8-6-7-12(2)14(17)4/h6-9,11,16H,5,10,19H2,1-4H3. The number of nitrogens with zero attached hydrogens (tertiary/aromatic N) is 1. The van der Waals surface area contributed by atoms with Gasteiger partial charge < -0.3 is 10.5 Å². The van der Waals surface area contributed by atoms with Crippen LogP contribution in [-0.4, -0.2) is 11.0 Å². The molecule has 1 unspecified atom stereocenters. The average Bonchev–Trinajstić information content (AvgIpc) is 2.46. The van der Waals surface area contributed by atoms with Gasteiger partial charge in [0.25, 0.3) is 0 Å². The predicted molar refractivity (Wildman–Crippen MR) is 86.9 cm³/mol. The molecule has 21 heavy (non-hydrogen) atoms. The van der Waals surface area contributed by atoms with E-state index in [1.165, 1.54) is 5.56 Å². The van der Waals surface area contributed by atoms with Gasteiger partial charge >= 0.3 is 0 Å². The summed E-state index contributed by atoms with van der Waals surface area (Å²) >= 11 is 0. The Kier molecular flexibility index (Phi) is 4.97. The molecule has 3 heteroatoms. The number of hydrogen-bond donors (Lipinski definition) is 1. The van der Waals surface area contributed by atoms with Crippen LogP contribution in [0.15, 0.2) is 30.5 Å². The van der Waals surface area contributed by atoms with Crippen LogP contribution in [0.4, 0.5) is 0 Å². The molecule has 0 aliphatic heterocycles.